The molecule has 1 saturated carbocycles. The van der Waals surface area contributed by atoms with Gasteiger partial charge in [-0.2, -0.15) is 0 Å². The SMILES string of the molecule is CC(C)(C)OC(=O)N1C[C@H]2CCCCCC[C@H]2C1. The number of nitrogens with zero attached hydrogens (tertiary/aromatic N) is 1. The Morgan fingerprint density at radius 2 is 1.50 bits per heavy atom. The highest BCUT2D eigenvalue weighted by atomic mass is 16.6. The van der Waals surface area contributed by atoms with Crippen LogP contribution in [0.15, 0.2) is 0 Å². The summed E-state index contributed by atoms with van der Waals surface area (Å²) in [5.74, 6) is 1.44. The second-order valence-electron chi connectivity index (χ2n) is 6.90. The van der Waals surface area contributed by atoms with E-state index in [4.69, 9.17) is 4.74 Å². The van der Waals surface area contributed by atoms with E-state index in [1.165, 1.54) is 38.5 Å². The molecule has 0 aromatic heterocycles. The highest BCUT2D eigenvalue weighted by molar-refractivity contribution is 5.68. The van der Waals surface area contributed by atoms with Crippen LogP contribution in [0.1, 0.15) is 59.3 Å². The molecule has 1 heterocycles. The number of fused-ring (bicyclic) bond motifs is 1. The van der Waals surface area contributed by atoms with Gasteiger partial charge in [0.2, 0.25) is 0 Å². The van der Waals surface area contributed by atoms with Crippen LogP contribution in [0.25, 0.3) is 0 Å². The maximum absolute atomic E-state index is 12.1. The molecule has 0 bridgehead atoms. The molecule has 1 aliphatic carbocycles. The van der Waals surface area contributed by atoms with Crippen LogP contribution in [0.5, 0.6) is 0 Å². The number of likely N-dealkylation sites (tertiary alicyclic amines) is 1. The Kier molecular flexibility index (Phi) is 4.18. The maximum atomic E-state index is 12.1. The Bertz CT molecular complexity index is 279. The molecule has 3 heteroatoms. The van der Waals surface area contributed by atoms with Crippen molar-refractivity contribution in [3.63, 3.8) is 0 Å². The van der Waals surface area contributed by atoms with Gasteiger partial charge in [-0.15, -0.1) is 0 Å². The molecule has 0 aromatic rings. The van der Waals surface area contributed by atoms with Crippen molar-refractivity contribution in [2.75, 3.05) is 13.1 Å². The van der Waals surface area contributed by atoms with Gasteiger partial charge in [-0.05, 0) is 45.4 Å². The summed E-state index contributed by atoms with van der Waals surface area (Å²) in [6.07, 6.45) is 7.89. The number of amides is 1. The lowest BCUT2D eigenvalue weighted by Crippen LogP contribution is -2.35. The normalized spacial score (nSPS) is 29.4. The highest BCUT2D eigenvalue weighted by Crippen LogP contribution is 2.34. The number of carbonyl (C=O) groups is 1. The average Bonchev–Trinajstić information content (AvgIpc) is 2.58. The zero-order valence-electron chi connectivity index (χ0n) is 12.1. The van der Waals surface area contributed by atoms with Crippen LogP contribution in [0, 0.1) is 11.8 Å². The van der Waals surface area contributed by atoms with E-state index in [9.17, 15) is 4.79 Å². The first-order valence-electron chi connectivity index (χ1n) is 7.43. The predicted molar refractivity (Wildman–Crippen MR) is 72.5 cm³/mol. The number of rotatable bonds is 0. The summed E-state index contributed by atoms with van der Waals surface area (Å²) in [6, 6.07) is 0. The fraction of sp³-hybridized carbons (Fsp3) is 0.933. The Labute approximate surface area is 111 Å². The Balaban J connectivity index is 1.91. The summed E-state index contributed by atoms with van der Waals surface area (Å²) >= 11 is 0. The molecule has 1 saturated heterocycles. The van der Waals surface area contributed by atoms with Gasteiger partial charge in [-0.3, -0.25) is 0 Å². The molecule has 1 amide bonds. The van der Waals surface area contributed by atoms with Crippen LogP contribution in [0.4, 0.5) is 4.79 Å². The van der Waals surface area contributed by atoms with E-state index in [-0.39, 0.29) is 11.7 Å². The molecule has 0 spiro atoms. The lowest BCUT2D eigenvalue weighted by Gasteiger charge is -2.24. The van der Waals surface area contributed by atoms with E-state index in [1.807, 2.05) is 25.7 Å². The van der Waals surface area contributed by atoms with E-state index in [0.29, 0.717) is 0 Å². The average molecular weight is 253 g/mol. The van der Waals surface area contributed by atoms with Gasteiger partial charge in [0.05, 0.1) is 0 Å². The third kappa shape index (κ3) is 3.63. The molecule has 2 aliphatic rings. The van der Waals surface area contributed by atoms with Gasteiger partial charge < -0.3 is 9.64 Å². The van der Waals surface area contributed by atoms with Crippen LogP contribution in [0.2, 0.25) is 0 Å². The number of hydrogen-bond donors (Lipinski definition) is 0. The smallest absolute Gasteiger partial charge is 0.410 e. The quantitative estimate of drug-likeness (QED) is 0.656. The zero-order valence-corrected chi connectivity index (χ0v) is 12.1. The molecule has 1 aliphatic heterocycles. The standard InChI is InChI=1S/C15H27NO2/c1-15(2,3)18-14(17)16-10-12-8-6-4-5-7-9-13(12)11-16/h12-13H,4-11H2,1-3H3/t12-,13+. The molecule has 0 unspecified atom stereocenters. The topological polar surface area (TPSA) is 29.5 Å². The van der Waals surface area contributed by atoms with Crippen molar-refractivity contribution in [2.45, 2.75) is 64.9 Å². The first kappa shape index (κ1) is 13.7. The van der Waals surface area contributed by atoms with E-state index in [2.05, 4.69) is 0 Å². The maximum Gasteiger partial charge on any atom is 0.410 e. The predicted octanol–water partition coefficient (Wildman–Crippen LogP) is 3.82. The molecular formula is C15H27NO2. The van der Waals surface area contributed by atoms with Crippen molar-refractivity contribution < 1.29 is 9.53 Å². The monoisotopic (exact) mass is 253 g/mol. The lowest BCUT2D eigenvalue weighted by atomic mass is 9.84. The first-order valence-corrected chi connectivity index (χ1v) is 7.43. The summed E-state index contributed by atoms with van der Waals surface area (Å²) in [4.78, 5) is 14.0. The van der Waals surface area contributed by atoms with Crippen LogP contribution in [-0.2, 0) is 4.74 Å². The minimum absolute atomic E-state index is 0.116. The van der Waals surface area contributed by atoms with Crippen molar-refractivity contribution in [1.82, 2.24) is 4.90 Å². The van der Waals surface area contributed by atoms with Gasteiger partial charge in [0.25, 0.3) is 0 Å². The van der Waals surface area contributed by atoms with Gasteiger partial charge in [0, 0.05) is 13.1 Å². The molecule has 0 radical (unpaired) electrons. The Morgan fingerprint density at radius 3 is 1.94 bits per heavy atom. The first-order chi connectivity index (χ1) is 8.46. The van der Waals surface area contributed by atoms with E-state index >= 15 is 0 Å². The van der Waals surface area contributed by atoms with Crippen molar-refractivity contribution >= 4 is 6.09 Å². The van der Waals surface area contributed by atoms with E-state index in [1.54, 1.807) is 0 Å². The van der Waals surface area contributed by atoms with Gasteiger partial charge in [-0.1, -0.05) is 25.7 Å². The fourth-order valence-electron chi connectivity index (χ4n) is 3.23. The molecule has 3 nitrogen and oxygen atoms in total. The summed E-state index contributed by atoms with van der Waals surface area (Å²) in [7, 11) is 0. The molecule has 2 atom stereocenters. The molecule has 104 valence electrons. The fourth-order valence-corrected chi connectivity index (χ4v) is 3.23. The Morgan fingerprint density at radius 1 is 1.00 bits per heavy atom. The van der Waals surface area contributed by atoms with Gasteiger partial charge >= 0.3 is 6.09 Å². The molecule has 0 aromatic carbocycles. The molecule has 18 heavy (non-hydrogen) atoms. The summed E-state index contributed by atoms with van der Waals surface area (Å²) in [5.41, 5.74) is -0.376. The zero-order chi connectivity index (χ0) is 13.2. The summed E-state index contributed by atoms with van der Waals surface area (Å²) in [5, 5.41) is 0. The van der Waals surface area contributed by atoms with Crippen LogP contribution in [0.3, 0.4) is 0 Å². The second kappa shape index (κ2) is 5.50. The van der Waals surface area contributed by atoms with Crippen molar-refractivity contribution in [1.29, 1.82) is 0 Å². The number of hydrogen-bond acceptors (Lipinski definition) is 2. The van der Waals surface area contributed by atoms with Gasteiger partial charge in [-0.25, -0.2) is 4.79 Å². The highest BCUT2D eigenvalue weighted by Gasteiger charge is 2.36. The lowest BCUT2D eigenvalue weighted by molar-refractivity contribution is 0.0283. The van der Waals surface area contributed by atoms with Crippen molar-refractivity contribution in [3.05, 3.63) is 0 Å². The van der Waals surface area contributed by atoms with Crippen LogP contribution in [-0.4, -0.2) is 29.7 Å². The molecule has 0 N–H and O–H groups in total. The van der Waals surface area contributed by atoms with E-state index < -0.39 is 0 Å². The number of carbonyl (C=O) groups excluding carboxylic acids is 1. The number of ether oxygens (including phenoxy) is 1. The molecular weight excluding hydrogens is 226 g/mol. The van der Waals surface area contributed by atoms with Gasteiger partial charge in [0.1, 0.15) is 5.60 Å². The minimum atomic E-state index is -0.376. The second-order valence-corrected chi connectivity index (χ2v) is 6.90. The third-order valence-electron chi connectivity index (χ3n) is 4.13. The third-order valence-corrected chi connectivity index (χ3v) is 4.13. The van der Waals surface area contributed by atoms with Crippen molar-refractivity contribution in [3.8, 4) is 0 Å². The van der Waals surface area contributed by atoms with Crippen LogP contribution >= 0.6 is 0 Å². The van der Waals surface area contributed by atoms with Crippen LogP contribution < -0.4 is 0 Å². The summed E-state index contributed by atoms with van der Waals surface area (Å²) < 4.78 is 5.48. The minimum Gasteiger partial charge on any atom is -0.444 e. The summed E-state index contributed by atoms with van der Waals surface area (Å²) in [6.45, 7) is 7.64. The van der Waals surface area contributed by atoms with Gasteiger partial charge in [0.15, 0.2) is 0 Å². The Hall–Kier alpha value is -0.730. The molecule has 2 fully saturated rings. The van der Waals surface area contributed by atoms with Crippen molar-refractivity contribution in [2.24, 2.45) is 11.8 Å². The largest absolute Gasteiger partial charge is 0.444 e. The molecule has 2 rings (SSSR count). The van der Waals surface area contributed by atoms with E-state index in [0.717, 1.165) is 24.9 Å².